The Morgan fingerprint density at radius 2 is 2.14 bits per heavy atom. The highest BCUT2D eigenvalue weighted by molar-refractivity contribution is 9.10. The van der Waals surface area contributed by atoms with Gasteiger partial charge in [-0.3, -0.25) is 9.48 Å². The van der Waals surface area contributed by atoms with Crippen LogP contribution in [0.25, 0.3) is 0 Å². The van der Waals surface area contributed by atoms with Gasteiger partial charge in [-0.15, -0.1) is 0 Å². The summed E-state index contributed by atoms with van der Waals surface area (Å²) < 4.78 is 27.5. The molecule has 1 aromatic heterocycles. The lowest BCUT2D eigenvalue weighted by molar-refractivity contribution is -0.116. The van der Waals surface area contributed by atoms with Crippen LogP contribution in [-0.4, -0.2) is 42.5 Å². The standard InChI is InChI=1S/C13H15BrN4O3S/c1-17(2)22(20,21)12-5-3-4-11(6-12)16-13(19)9-18-8-10(14)7-15-18/h3-8H,9H2,1-2H3,(H,16,19). The molecule has 0 radical (unpaired) electrons. The van der Waals surface area contributed by atoms with E-state index in [1.165, 1.54) is 30.9 Å². The van der Waals surface area contributed by atoms with Crippen LogP contribution in [0, 0.1) is 0 Å². The van der Waals surface area contributed by atoms with Crippen molar-refractivity contribution in [3.05, 3.63) is 41.1 Å². The molecule has 0 aliphatic heterocycles. The van der Waals surface area contributed by atoms with E-state index < -0.39 is 10.0 Å². The first-order valence-corrected chi connectivity index (χ1v) is 8.53. The van der Waals surface area contributed by atoms with Gasteiger partial charge in [0, 0.05) is 26.0 Å². The highest BCUT2D eigenvalue weighted by Gasteiger charge is 2.17. The first-order valence-electron chi connectivity index (χ1n) is 6.29. The molecule has 1 heterocycles. The minimum atomic E-state index is -3.53. The zero-order valence-corrected chi connectivity index (χ0v) is 14.4. The number of nitrogens with one attached hydrogen (secondary N) is 1. The summed E-state index contributed by atoms with van der Waals surface area (Å²) in [5.41, 5.74) is 0.416. The molecule has 0 saturated heterocycles. The number of hydrogen-bond acceptors (Lipinski definition) is 4. The van der Waals surface area contributed by atoms with Gasteiger partial charge in [0.15, 0.2) is 0 Å². The molecule has 0 aliphatic carbocycles. The molecule has 22 heavy (non-hydrogen) atoms. The van der Waals surface area contributed by atoms with Gasteiger partial charge >= 0.3 is 0 Å². The smallest absolute Gasteiger partial charge is 0.246 e. The molecule has 0 fully saturated rings. The number of hydrogen-bond donors (Lipinski definition) is 1. The zero-order valence-electron chi connectivity index (χ0n) is 12.0. The van der Waals surface area contributed by atoms with Gasteiger partial charge in [0.1, 0.15) is 6.54 Å². The molecule has 118 valence electrons. The molecule has 1 N–H and O–H groups in total. The van der Waals surface area contributed by atoms with E-state index in [1.807, 2.05) is 0 Å². The zero-order chi connectivity index (χ0) is 16.3. The van der Waals surface area contributed by atoms with E-state index in [0.717, 1.165) is 8.78 Å². The van der Waals surface area contributed by atoms with Crippen molar-refractivity contribution in [3.63, 3.8) is 0 Å². The molecule has 0 saturated carbocycles. The average molecular weight is 387 g/mol. The summed E-state index contributed by atoms with van der Waals surface area (Å²) in [6.45, 7) is 0.0380. The van der Waals surface area contributed by atoms with Gasteiger partial charge in [-0.1, -0.05) is 6.07 Å². The fourth-order valence-corrected chi connectivity index (χ4v) is 2.99. The van der Waals surface area contributed by atoms with Gasteiger partial charge in [0.25, 0.3) is 0 Å². The van der Waals surface area contributed by atoms with Crippen LogP contribution < -0.4 is 5.32 Å². The van der Waals surface area contributed by atoms with Crippen molar-refractivity contribution in [1.82, 2.24) is 14.1 Å². The fraction of sp³-hybridized carbons (Fsp3) is 0.231. The second-order valence-electron chi connectivity index (χ2n) is 4.72. The summed E-state index contributed by atoms with van der Waals surface area (Å²) in [5, 5.41) is 6.64. The Morgan fingerprint density at radius 3 is 2.73 bits per heavy atom. The first kappa shape index (κ1) is 16.7. The number of rotatable bonds is 5. The third-order valence-electron chi connectivity index (χ3n) is 2.80. The van der Waals surface area contributed by atoms with Crippen LogP contribution in [-0.2, 0) is 21.4 Å². The highest BCUT2D eigenvalue weighted by atomic mass is 79.9. The van der Waals surface area contributed by atoms with Crippen molar-refractivity contribution in [1.29, 1.82) is 0 Å². The monoisotopic (exact) mass is 386 g/mol. The van der Waals surface area contributed by atoms with Crippen LogP contribution in [0.2, 0.25) is 0 Å². The molecular weight excluding hydrogens is 372 g/mol. The topological polar surface area (TPSA) is 84.3 Å². The summed E-state index contributed by atoms with van der Waals surface area (Å²) in [7, 11) is -0.623. The Hall–Kier alpha value is -1.71. The van der Waals surface area contributed by atoms with E-state index >= 15 is 0 Å². The normalized spacial score (nSPS) is 11.6. The van der Waals surface area contributed by atoms with Crippen LogP contribution >= 0.6 is 15.9 Å². The van der Waals surface area contributed by atoms with Crippen molar-refractivity contribution in [2.75, 3.05) is 19.4 Å². The summed E-state index contributed by atoms with van der Waals surface area (Å²) >= 11 is 3.25. The average Bonchev–Trinajstić information content (AvgIpc) is 2.84. The third kappa shape index (κ3) is 3.93. The molecule has 2 aromatic rings. The van der Waals surface area contributed by atoms with Crippen molar-refractivity contribution >= 4 is 37.5 Å². The number of sulfonamides is 1. The van der Waals surface area contributed by atoms with E-state index in [4.69, 9.17) is 0 Å². The molecule has 9 heteroatoms. The molecule has 0 unspecified atom stereocenters. The van der Waals surface area contributed by atoms with Crippen molar-refractivity contribution in [3.8, 4) is 0 Å². The molecule has 0 spiro atoms. The Labute approximate surface area is 137 Å². The molecular formula is C13H15BrN4O3S. The lowest BCUT2D eigenvalue weighted by atomic mass is 10.3. The largest absolute Gasteiger partial charge is 0.324 e. The van der Waals surface area contributed by atoms with Gasteiger partial charge < -0.3 is 5.32 Å². The fourth-order valence-electron chi connectivity index (χ4n) is 1.72. The van der Waals surface area contributed by atoms with Gasteiger partial charge in [0.2, 0.25) is 15.9 Å². The van der Waals surface area contributed by atoms with Gasteiger partial charge in [-0.2, -0.15) is 5.10 Å². The van der Waals surface area contributed by atoms with Crippen LogP contribution in [0.5, 0.6) is 0 Å². The van der Waals surface area contributed by atoms with Crippen LogP contribution in [0.1, 0.15) is 0 Å². The number of aromatic nitrogens is 2. The minimum Gasteiger partial charge on any atom is -0.324 e. The summed E-state index contributed by atoms with van der Waals surface area (Å²) in [6, 6.07) is 6.12. The number of carbonyl (C=O) groups excluding carboxylic acids is 1. The second-order valence-corrected chi connectivity index (χ2v) is 7.79. The third-order valence-corrected chi connectivity index (χ3v) is 5.02. The first-order chi connectivity index (χ1) is 10.3. The molecule has 1 aromatic carbocycles. The van der Waals surface area contributed by atoms with Crippen molar-refractivity contribution in [2.45, 2.75) is 11.4 Å². The van der Waals surface area contributed by atoms with Gasteiger partial charge in [0.05, 0.1) is 15.6 Å². The summed E-state index contributed by atoms with van der Waals surface area (Å²) in [6.07, 6.45) is 3.25. The molecule has 7 nitrogen and oxygen atoms in total. The molecule has 1 amide bonds. The van der Waals surface area contributed by atoms with Crippen molar-refractivity contribution < 1.29 is 13.2 Å². The van der Waals surface area contributed by atoms with E-state index in [2.05, 4.69) is 26.3 Å². The van der Waals surface area contributed by atoms with Gasteiger partial charge in [-0.05, 0) is 34.1 Å². The summed E-state index contributed by atoms with van der Waals surface area (Å²) in [5.74, 6) is -0.296. The van der Waals surface area contributed by atoms with Gasteiger partial charge in [-0.25, -0.2) is 12.7 Å². The van der Waals surface area contributed by atoms with E-state index in [9.17, 15) is 13.2 Å². The Balaban J connectivity index is 2.12. The maximum Gasteiger partial charge on any atom is 0.246 e. The SMILES string of the molecule is CN(C)S(=O)(=O)c1cccc(NC(=O)Cn2cc(Br)cn2)c1. The van der Waals surface area contributed by atoms with E-state index in [0.29, 0.717) is 5.69 Å². The minimum absolute atomic E-state index is 0.0380. The second kappa shape index (κ2) is 6.59. The predicted octanol–water partition coefficient (Wildman–Crippen LogP) is 1.53. The highest BCUT2D eigenvalue weighted by Crippen LogP contribution is 2.18. The number of carbonyl (C=O) groups is 1. The van der Waals surface area contributed by atoms with Crippen LogP contribution in [0.4, 0.5) is 5.69 Å². The number of halogens is 1. The summed E-state index contributed by atoms with van der Waals surface area (Å²) in [4.78, 5) is 12.1. The lowest BCUT2D eigenvalue weighted by Crippen LogP contribution is -2.23. The Kier molecular flexibility index (Phi) is 4.99. The number of anilines is 1. The predicted molar refractivity (Wildman–Crippen MR) is 85.9 cm³/mol. The molecule has 0 atom stereocenters. The van der Waals surface area contributed by atoms with Crippen LogP contribution in [0.15, 0.2) is 46.0 Å². The number of nitrogens with zero attached hydrogens (tertiary/aromatic N) is 3. The number of benzene rings is 1. The molecule has 0 aliphatic rings. The van der Waals surface area contributed by atoms with E-state index in [-0.39, 0.29) is 17.3 Å². The quantitative estimate of drug-likeness (QED) is 0.844. The van der Waals surface area contributed by atoms with E-state index in [1.54, 1.807) is 24.5 Å². The molecule has 2 rings (SSSR count). The Bertz CT molecular complexity index is 786. The number of amides is 1. The van der Waals surface area contributed by atoms with Crippen molar-refractivity contribution in [2.24, 2.45) is 0 Å². The maximum atomic E-state index is 12.1. The van der Waals surface area contributed by atoms with Crippen LogP contribution in [0.3, 0.4) is 0 Å². The molecule has 0 bridgehead atoms. The Morgan fingerprint density at radius 1 is 1.41 bits per heavy atom. The lowest BCUT2D eigenvalue weighted by Gasteiger charge is -2.12. The maximum absolute atomic E-state index is 12.1.